The lowest BCUT2D eigenvalue weighted by Crippen LogP contribution is -2.21. The largest absolute Gasteiger partial charge is 0.311 e. The summed E-state index contributed by atoms with van der Waals surface area (Å²) in [6.07, 6.45) is 5.94. The Morgan fingerprint density at radius 1 is 1.60 bits per heavy atom. The molecule has 0 aliphatic carbocycles. The minimum Gasteiger partial charge on any atom is -0.311 e. The van der Waals surface area contributed by atoms with Gasteiger partial charge in [-0.1, -0.05) is 6.92 Å². The van der Waals surface area contributed by atoms with Gasteiger partial charge in [-0.25, -0.2) is 9.97 Å². The Bertz CT molecular complexity index is 305. The normalized spacial score (nSPS) is 14.8. The quantitative estimate of drug-likeness (QED) is 0.728. The second-order valence-electron chi connectivity index (χ2n) is 3.48. The summed E-state index contributed by atoms with van der Waals surface area (Å²) in [7, 11) is -0.724. The molecule has 2 atom stereocenters. The first-order chi connectivity index (χ1) is 7.20. The van der Waals surface area contributed by atoms with Crippen LogP contribution in [-0.4, -0.2) is 32.2 Å². The van der Waals surface area contributed by atoms with Gasteiger partial charge in [0.05, 0.1) is 5.69 Å². The lowest BCUT2D eigenvalue weighted by Gasteiger charge is -2.08. The topological polar surface area (TPSA) is 54.9 Å². The molecule has 0 saturated carbocycles. The summed E-state index contributed by atoms with van der Waals surface area (Å²) < 4.78 is 11.1. The summed E-state index contributed by atoms with van der Waals surface area (Å²) in [6, 6.07) is 1.88. The molecule has 0 amide bonds. The zero-order chi connectivity index (χ0) is 11.1. The van der Waals surface area contributed by atoms with E-state index in [1.54, 1.807) is 18.8 Å². The summed E-state index contributed by atoms with van der Waals surface area (Å²) in [4.78, 5) is 7.94. The van der Waals surface area contributed by atoms with Crippen LogP contribution in [0.2, 0.25) is 0 Å². The van der Waals surface area contributed by atoms with Crippen LogP contribution in [0.5, 0.6) is 0 Å². The van der Waals surface area contributed by atoms with Gasteiger partial charge < -0.3 is 5.32 Å². The zero-order valence-corrected chi connectivity index (χ0v) is 9.96. The molecule has 84 valence electrons. The van der Waals surface area contributed by atoms with Crippen molar-refractivity contribution >= 4 is 10.8 Å². The first-order valence-corrected chi connectivity index (χ1v) is 6.60. The van der Waals surface area contributed by atoms with E-state index in [1.807, 2.05) is 13.0 Å². The lowest BCUT2D eigenvalue weighted by molar-refractivity contribution is 0.622. The van der Waals surface area contributed by atoms with Crippen LogP contribution >= 0.6 is 0 Å². The number of nitrogens with one attached hydrogen (secondary N) is 1. The molecule has 2 unspecified atom stereocenters. The van der Waals surface area contributed by atoms with Gasteiger partial charge in [-0.05, 0) is 19.0 Å². The third kappa shape index (κ3) is 4.99. The van der Waals surface area contributed by atoms with Gasteiger partial charge >= 0.3 is 0 Å². The van der Waals surface area contributed by atoms with Crippen molar-refractivity contribution < 1.29 is 4.21 Å². The van der Waals surface area contributed by atoms with Crippen molar-refractivity contribution in [2.24, 2.45) is 0 Å². The second kappa shape index (κ2) is 6.63. The molecule has 0 radical (unpaired) electrons. The smallest absolute Gasteiger partial charge is 0.115 e. The van der Waals surface area contributed by atoms with Crippen LogP contribution in [-0.2, 0) is 17.3 Å². The lowest BCUT2D eigenvalue weighted by atomic mass is 10.3. The third-order valence-electron chi connectivity index (χ3n) is 2.24. The average Bonchev–Trinajstić information content (AvgIpc) is 2.25. The number of nitrogens with zero attached hydrogens (tertiary/aromatic N) is 2. The summed E-state index contributed by atoms with van der Waals surface area (Å²) >= 11 is 0. The van der Waals surface area contributed by atoms with Crippen LogP contribution in [0.25, 0.3) is 0 Å². The highest BCUT2D eigenvalue weighted by Crippen LogP contribution is 1.97. The molecule has 0 saturated heterocycles. The Hall–Kier alpha value is -0.810. The predicted molar refractivity (Wildman–Crippen MR) is 61.9 cm³/mol. The Balaban J connectivity index is 2.15. The molecule has 1 rings (SSSR count). The first kappa shape index (κ1) is 12.3. The second-order valence-corrected chi connectivity index (χ2v) is 5.28. The van der Waals surface area contributed by atoms with Crippen LogP contribution < -0.4 is 5.32 Å². The van der Waals surface area contributed by atoms with E-state index >= 15 is 0 Å². The Morgan fingerprint density at radius 2 is 2.40 bits per heavy atom. The highest BCUT2D eigenvalue weighted by atomic mass is 32.2. The average molecular weight is 227 g/mol. The van der Waals surface area contributed by atoms with Crippen molar-refractivity contribution in [3.63, 3.8) is 0 Å². The highest BCUT2D eigenvalue weighted by molar-refractivity contribution is 7.84. The SMILES string of the molecule is CC(CCNCc1ccncn1)S(C)=O. The molecule has 0 aromatic carbocycles. The van der Waals surface area contributed by atoms with Gasteiger partial charge in [0.15, 0.2) is 0 Å². The van der Waals surface area contributed by atoms with Crippen LogP contribution in [0.1, 0.15) is 19.0 Å². The van der Waals surface area contributed by atoms with Gasteiger partial charge in [-0.3, -0.25) is 4.21 Å². The molecule has 1 heterocycles. The molecule has 1 N–H and O–H groups in total. The minimum atomic E-state index is -0.724. The fourth-order valence-corrected chi connectivity index (χ4v) is 1.56. The van der Waals surface area contributed by atoms with Crippen molar-refractivity contribution in [1.82, 2.24) is 15.3 Å². The maximum Gasteiger partial charge on any atom is 0.115 e. The zero-order valence-electron chi connectivity index (χ0n) is 9.14. The Morgan fingerprint density at radius 3 is 3.00 bits per heavy atom. The fourth-order valence-electron chi connectivity index (χ4n) is 1.11. The summed E-state index contributed by atoms with van der Waals surface area (Å²) in [5.41, 5.74) is 0.982. The van der Waals surface area contributed by atoms with E-state index in [0.29, 0.717) is 0 Å². The minimum absolute atomic E-state index is 0.253. The molecular weight excluding hydrogens is 210 g/mol. The molecule has 0 spiro atoms. The van der Waals surface area contributed by atoms with E-state index in [1.165, 1.54) is 0 Å². The molecule has 5 heteroatoms. The van der Waals surface area contributed by atoms with Crippen molar-refractivity contribution in [2.75, 3.05) is 12.8 Å². The van der Waals surface area contributed by atoms with Gasteiger partial charge in [0.1, 0.15) is 6.33 Å². The van der Waals surface area contributed by atoms with Crippen molar-refractivity contribution in [3.8, 4) is 0 Å². The number of rotatable bonds is 6. The molecule has 0 aliphatic rings. The van der Waals surface area contributed by atoms with E-state index in [4.69, 9.17) is 0 Å². The maximum atomic E-state index is 11.1. The van der Waals surface area contributed by atoms with Gasteiger partial charge in [0.25, 0.3) is 0 Å². The van der Waals surface area contributed by atoms with Gasteiger partial charge in [-0.15, -0.1) is 0 Å². The van der Waals surface area contributed by atoms with E-state index in [9.17, 15) is 4.21 Å². The van der Waals surface area contributed by atoms with E-state index in [2.05, 4.69) is 15.3 Å². The predicted octanol–water partition coefficient (Wildman–Crippen LogP) is 0.723. The standard InChI is InChI=1S/C10H17N3OS/c1-9(15(2)14)3-5-11-7-10-4-6-12-8-13-10/h4,6,8-9,11H,3,5,7H2,1-2H3. The van der Waals surface area contributed by atoms with Gasteiger partial charge in [0, 0.05) is 35.0 Å². The van der Waals surface area contributed by atoms with E-state index < -0.39 is 10.8 Å². The third-order valence-corrected chi connectivity index (χ3v) is 3.61. The summed E-state index contributed by atoms with van der Waals surface area (Å²) in [6.45, 7) is 3.61. The summed E-state index contributed by atoms with van der Waals surface area (Å²) in [5.74, 6) is 0. The molecule has 0 fully saturated rings. The fraction of sp³-hybridized carbons (Fsp3) is 0.600. The van der Waals surface area contributed by atoms with Crippen LogP contribution in [0.3, 0.4) is 0 Å². The van der Waals surface area contributed by atoms with Crippen molar-refractivity contribution in [2.45, 2.75) is 25.1 Å². The molecule has 15 heavy (non-hydrogen) atoms. The number of hydrogen-bond acceptors (Lipinski definition) is 4. The first-order valence-electron chi connectivity index (χ1n) is 4.98. The number of hydrogen-bond donors (Lipinski definition) is 1. The monoisotopic (exact) mass is 227 g/mol. The Kier molecular flexibility index (Phi) is 5.42. The van der Waals surface area contributed by atoms with Crippen LogP contribution in [0.4, 0.5) is 0 Å². The molecule has 0 bridgehead atoms. The van der Waals surface area contributed by atoms with Crippen LogP contribution in [0.15, 0.2) is 18.6 Å². The molecule has 1 aromatic heterocycles. The highest BCUT2D eigenvalue weighted by Gasteiger charge is 2.04. The maximum absolute atomic E-state index is 11.1. The van der Waals surface area contributed by atoms with Crippen molar-refractivity contribution in [3.05, 3.63) is 24.3 Å². The Labute approximate surface area is 93.0 Å². The molecule has 1 aromatic rings. The number of aromatic nitrogens is 2. The van der Waals surface area contributed by atoms with E-state index in [-0.39, 0.29) is 5.25 Å². The van der Waals surface area contributed by atoms with E-state index in [0.717, 1.165) is 25.2 Å². The molecule has 4 nitrogen and oxygen atoms in total. The molecule has 0 aliphatic heterocycles. The van der Waals surface area contributed by atoms with Crippen LogP contribution in [0, 0.1) is 0 Å². The molecular formula is C10H17N3OS. The van der Waals surface area contributed by atoms with Crippen molar-refractivity contribution in [1.29, 1.82) is 0 Å². The van der Waals surface area contributed by atoms with Gasteiger partial charge in [0.2, 0.25) is 0 Å². The summed E-state index contributed by atoms with van der Waals surface area (Å²) in [5, 5.41) is 3.52. The van der Waals surface area contributed by atoms with Gasteiger partial charge in [-0.2, -0.15) is 0 Å².